The Morgan fingerprint density at radius 1 is 1.16 bits per heavy atom. The molecule has 0 bridgehead atoms. The van der Waals surface area contributed by atoms with Crippen LogP contribution in [0.2, 0.25) is 0 Å². The number of halogens is 1. The third kappa shape index (κ3) is 4.82. The number of nitrogens with zero attached hydrogens (tertiary/aromatic N) is 3. The van der Waals surface area contributed by atoms with Crippen LogP contribution >= 0.6 is 15.9 Å². The lowest BCUT2D eigenvalue weighted by Gasteiger charge is -2.23. The van der Waals surface area contributed by atoms with Crippen LogP contribution in [0, 0.1) is 6.92 Å². The minimum absolute atomic E-state index is 0.255. The van der Waals surface area contributed by atoms with Gasteiger partial charge in [0.2, 0.25) is 5.91 Å². The van der Waals surface area contributed by atoms with E-state index in [1.54, 1.807) is 0 Å². The zero-order valence-corrected chi connectivity index (χ0v) is 16.2. The Morgan fingerprint density at radius 2 is 1.96 bits per heavy atom. The number of hydrogen-bond donors (Lipinski definition) is 0. The Kier molecular flexibility index (Phi) is 6.08. The number of pyridine rings is 1. The van der Waals surface area contributed by atoms with Crippen molar-refractivity contribution in [1.82, 2.24) is 9.88 Å². The molecule has 0 radical (unpaired) electrons. The standard InChI is InChI=1S/C20H24BrN3O/c1-16-14-19(22-15-18(16)21)23-10-5-11-24(13-12-23)20(25)9-8-17-6-3-2-4-7-17/h2-4,6-7,14-15H,5,8-13H2,1H3. The molecule has 0 spiro atoms. The van der Waals surface area contributed by atoms with E-state index in [9.17, 15) is 4.79 Å². The first-order valence-electron chi connectivity index (χ1n) is 8.82. The highest BCUT2D eigenvalue weighted by molar-refractivity contribution is 9.10. The van der Waals surface area contributed by atoms with E-state index in [2.05, 4.69) is 50.9 Å². The van der Waals surface area contributed by atoms with E-state index in [0.717, 1.165) is 49.3 Å². The Bertz CT molecular complexity index is 720. The van der Waals surface area contributed by atoms with Gasteiger partial charge in [-0.1, -0.05) is 30.3 Å². The normalized spacial score (nSPS) is 15.1. The summed E-state index contributed by atoms with van der Waals surface area (Å²) in [7, 11) is 0. The van der Waals surface area contributed by atoms with Gasteiger partial charge in [-0.15, -0.1) is 0 Å². The van der Waals surface area contributed by atoms with Gasteiger partial charge < -0.3 is 9.80 Å². The topological polar surface area (TPSA) is 36.4 Å². The molecule has 2 heterocycles. The van der Waals surface area contributed by atoms with Crippen molar-refractivity contribution in [3.8, 4) is 0 Å². The van der Waals surface area contributed by atoms with Crippen molar-refractivity contribution >= 4 is 27.7 Å². The molecular formula is C20H24BrN3O. The van der Waals surface area contributed by atoms with Crippen LogP contribution in [-0.2, 0) is 11.2 Å². The molecule has 132 valence electrons. The van der Waals surface area contributed by atoms with Crippen molar-refractivity contribution < 1.29 is 4.79 Å². The van der Waals surface area contributed by atoms with Gasteiger partial charge in [0.25, 0.3) is 0 Å². The number of carbonyl (C=O) groups is 1. The maximum absolute atomic E-state index is 12.6. The molecule has 1 fully saturated rings. The summed E-state index contributed by atoms with van der Waals surface area (Å²) in [5.41, 5.74) is 2.41. The molecule has 0 N–H and O–H groups in total. The fraction of sp³-hybridized carbons (Fsp3) is 0.400. The SMILES string of the molecule is Cc1cc(N2CCCN(C(=O)CCc3ccccc3)CC2)ncc1Br. The lowest BCUT2D eigenvalue weighted by atomic mass is 10.1. The summed E-state index contributed by atoms with van der Waals surface area (Å²) >= 11 is 3.50. The summed E-state index contributed by atoms with van der Waals surface area (Å²) in [5, 5.41) is 0. The molecule has 1 aliphatic rings. The van der Waals surface area contributed by atoms with Crippen LogP contribution in [0.15, 0.2) is 47.1 Å². The maximum Gasteiger partial charge on any atom is 0.222 e. The van der Waals surface area contributed by atoms with Gasteiger partial charge in [0, 0.05) is 43.3 Å². The fourth-order valence-corrected chi connectivity index (χ4v) is 3.36. The molecule has 1 aromatic heterocycles. The van der Waals surface area contributed by atoms with Crippen LogP contribution in [0.5, 0.6) is 0 Å². The number of rotatable bonds is 4. The molecule has 2 aromatic rings. The van der Waals surface area contributed by atoms with Gasteiger partial charge >= 0.3 is 0 Å². The minimum Gasteiger partial charge on any atom is -0.355 e. The molecule has 0 unspecified atom stereocenters. The molecule has 1 aromatic carbocycles. The molecule has 0 aliphatic carbocycles. The Morgan fingerprint density at radius 3 is 2.72 bits per heavy atom. The van der Waals surface area contributed by atoms with E-state index in [-0.39, 0.29) is 5.91 Å². The first kappa shape index (κ1) is 17.9. The average molecular weight is 402 g/mol. The van der Waals surface area contributed by atoms with Crippen LogP contribution in [0.25, 0.3) is 0 Å². The lowest BCUT2D eigenvalue weighted by molar-refractivity contribution is -0.130. The second-order valence-electron chi connectivity index (χ2n) is 6.50. The van der Waals surface area contributed by atoms with E-state index in [1.807, 2.05) is 29.3 Å². The highest BCUT2D eigenvalue weighted by Gasteiger charge is 2.20. The van der Waals surface area contributed by atoms with Crippen molar-refractivity contribution in [3.05, 3.63) is 58.2 Å². The van der Waals surface area contributed by atoms with E-state index >= 15 is 0 Å². The predicted molar refractivity (Wildman–Crippen MR) is 105 cm³/mol. The average Bonchev–Trinajstić information content (AvgIpc) is 2.89. The molecule has 1 aliphatic heterocycles. The molecule has 0 atom stereocenters. The third-order valence-electron chi connectivity index (χ3n) is 4.68. The van der Waals surface area contributed by atoms with E-state index in [4.69, 9.17) is 0 Å². The van der Waals surface area contributed by atoms with Gasteiger partial charge in [0.15, 0.2) is 0 Å². The summed E-state index contributed by atoms with van der Waals surface area (Å²) in [6, 6.07) is 12.3. The van der Waals surface area contributed by atoms with Crippen molar-refractivity contribution in [3.63, 3.8) is 0 Å². The van der Waals surface area contributed by atoms with Crippen LogP contribution in [0.1, 0.15) is 24.0 Å². The molecule has 0 saturated carbocycles. The monoisotopic (exact) mass is 401 g/mol. The van der Waals surface area contributed by atoms with Crippen molar-refractivity contribution in [2.24, 2.45) is 0 Å². The summed E-state index contributed by atoms with van der Waals surface area (Å²) in [4.78, 5) is 21.4. The Labute approximate surface area is 158 Å². The van der Waals surface area contributed by atoms with Gasteiger partial charge in [-0.05, 0) is 52.9 Å². The highest BCUT2D eigenvalue weighted by Crippen LogP contribution is 2.21. The summed E-state index contributed by atoms with van der Waals surface area (Å²) in [5.74, 6) is 1.25. The smallest absolute Gasteiger partial charge is 0.222 e. The number of carbonyl (C=O) groups excluding carboxylic acids is 1. The number of aromatic nitrogens is 1. The van der Waals surface area contributed by atoms with Gasteiger partial charge in [0.1, 0.15) is 5.82 Å². The Balaban J connectivity index is 1.55. The predicted octanol–water partition coefficient (Wildman–Crippen LogP) is 3.82. The van der Waals surface area contributed by atoms with Crippen molar-refractivity contribution in [1.29, 1.82) is 0 Å². The molecule has 3 rings (SSSR count). The number of amides is 1. The van der Waals surface area contributed by atoms with Gasteiger partial charge in [-0.2, -0.15) is 0 Å². The number of aryl methyl sites for hydroxylation is 2. The molecule has 1 saturated heterocycles. The second-order valence-corrected chi connectivity index (χ2v) is 7.35. The largest absolute Gasteiger partial charge is 0.355 e. The van der Waals surface area contributed by atoms with Gasteiger partial charge in [-0.3, -0.25) is 4.79 Å². The molecule has 5 heteroatoms. The quantitative estimate of drug-likeness (QED) is 0.780. The van der Waals surface area contributed by atoms with Gasteiger partial charge in [0.05, 0.1) is 0 Å². The summed E-state index contributed by atoms with van der Waals surface area (Å²) in [6.07, 6.45) is 4.24. The van der Waals surface area contributed by atoms with E-state index in [0.29, 0.717) is 6.42 Å². The van der Waals surface area contributed by atoms with Crippen molar-refractivity contribution in [2.45, 2.75) is 26.2 Å². The van der Waals surface area contributed by atoms with E-state index in [1.165, 1.54) is 11.1 Å². The van der Waals surface area contributed by atoms with Crippen LogP contribution in [0.4, 0.5) is 5.82 Å². The highest BCUT2D eigenvalue weighted by atomic mass is 79.9. The van der Waals surface area contributed by atoms with Crippen LogP contribution < -0.4 is 4.90 Å². The molecular weight excluding hydrogens is 378 g/mol. The molecule has 1 amide bonds. The van der Waals surface area contributed by atoms with Crippen LogP contribution in [0.3, 0.4) is 0 Å². The zero-order chi connectivity index (χ0) is 17.6. The number of benzene rings is 1. The first-order chi connectivity index (χ1) is 12.1. The number of hydrogen-bond acceptors (Lipinski definition) is 3. The summed E-state index contributed by atoms with van der Waals surface area (Å²) < 4.78 is 1.03. The van der Waals surface area contributed by atoms with E-state index < -0.39 is 0 Å². The van der Waals surface area contributed by atoms with Crippen LogP contribution in [-0.4, -0.2) is 42.0 Å². The van der Waals surface area contributed by atoms with Crippen molar-refractivity contribution in [2.75, 3.05) is 31.1 Å². The molecule has 4 nitrogen and oxygen atoms in total. The minimum atomic E-state index is 0.255. The van der Waals surface area contributed by atoms with Gasteiger partial charge in [-0.25, -0.2) is 4.98 Å². The molecule has 25 heavy (non-hydrogen) atoms. The number of anilines is 1. The second kappa shape index (κ2) is 8.48. The fourth-order valence-electron chi connectivity index (χ4n) is 3.15. The lowest BCUT2D eigenvalue weighted by Crippen LogP contribution is -2.35. The third-order valence-corrected chi connectivity index (χ3v) is 5.51. The first-order valence-corrected chi connectivity index (χ1v) is 9.61. The maximum atomic E-state index is 12.6. The zero-order valence-electron chi connectivity index (χ0n) is 14.6. The summed E-state index contributed by atoms with van der Waals surface area (Å²) in [6.45, 7) is 5.46. The Hall–Kier alpha value is -1.88.